The zero-order chi connectivity index (χ0) is 28.7. The first kappa shape index (κ1) is 29.7. The zero-order valence-corrected chi connectivity index (χ0v) is 23.0. The van der Waals surface area contributed by atoms with E-state index in [1.807, 2.05) is 0 Å². The van der Waals surface area contributed by atoms with E-state index in [1.54, 1.807) is 39.0 Å². The number of carbonyl (C=O) groups is 2. The second-order valence-electron chi connectivity index (χ2n) is 9.28. The van der Waals surface area contributed by atoms with Gasteiger partial charge in [0.15, 0.2) is 9.84 Å². The molecule has 0 spiro atoms. The number of hydrogen-bond donors (Lipinski definition) is 1. The smallest absolute Gasteiger partial charge is 0.344 e. The van der Waals surface area contributed by atoms with E-state index in [2.05, 4.69) is 10.3 Å². The molecule has 2 amide bonds. The van der Waals surface area contributed by atoms with Crippen molar-refractivity contribution in [3.8, 4) is 5.75 Å². The van der Waals surface area contributed by atoms with Gasteiger partial charge in [0.1, 0.15) is 17.5 Å². The molecule has 0 radical (unpaired) electrons. The SMILES string of the molecule is COc1ccc(S(=O)(=O)CNCCCN2C(=O)N=C(C)C(C(=O)OC(C)C)C2c2cccc([N+](=O)[O-])c2)cc1. The number of ether oxygens (including phenoxy) is 2. The molecule has 3 rings (SSSR count). The first-order valence-corrected chi connectivity index (χ1v) is 14.0. The number of nitrogens with zero attached hydrogens (tertiary/aromatic N) is 3. The predicted octanol–water partition coefficient (Wildman–Crippen LogP) is 3.52. The second kappa shape index (κ2) is 12.8. The molecule has 2 unspecified atom stereocenters. The van der Waals surface area contributed by atoms with Crippen LogP contribution < -0.4 is 10.1 Å². The van der Waals surface area contributed by atoms with Gasteiger partial charge in [0.25, 0.3) is 5.69 Å². The molecule has 0 aliphatic carbocycles. The molecule has 0 bridgehead atoms. The van der Waals surface area contributed by atoms with Crippen molar-refractivity contribution in [2.24, 2.45) is 10.9 Å². The Balaban J connectivity index is 1.77. The minimum atomic E-state index is -3.60. The van der Waals surface area contributed by atoms with Gasteiger partial charge in [0, 0.05) is 24.4 Å². The number of nitro benzene ring substituents is 1. The van der Waals surface area contributed by atoms with Crippen molar-refractivity contribution in [2.75, 3.05) is 26.1 Å². The standard InChI is InChI=1S/C26H32N4O8S/c1-17(2)38-25(31)23-18(3)28-26(32)29(24(23)19-7-5-8-20(15-19)30(33)34)14-6-13-27-16-39(35,36)22-11-9-21(37-4)10-12-22/h5,7-12,15,17,23-24,27H,6,13-14,16H2,1-4H3. The number of sulfone groups is 1. The minimum Gasteiger partial charge on any atom is -0.497 e. The lowest BCUT2D eigenvalue weighted by Gasteiger charge is -2.38. The van der Waals surface area contributed by atoms with Crippen LogP contribution in [0.4, 0.5) is 10.5 Å². The van der Waals surface area contributed by atoms with Gasteiger partial charge >= 0.3 is 12.0 Å². The zero-order valence-electron chi connectivity index (χ0n) is 22.2. The van der Waals surface area contributed by atoms with Crippen LogP contribution in [0.2, 0.25) is 0 Å². The normalized spacial score (nSPS) is 17.6. The maximum Gasteiger partial charge on any atom is 0.344 e. The highest BCUT2D eigenvalue weighted by Crippen LogP contribution is 2.36. The van der Waals surface area contributed by atoms with E-state index in [9.17, 15) is 28.1 Å². The van der Waals surface area contributed by atoms with E-state index in [1.165, 1.54) is 42.3 Å². The highest BCUT2D eigenvalue weighted by atomic mass is 32.2. The Kier molecular flexibility index (Phi) is 9.76. The summed E-state index contributed by atoms with van der Waals surface area (Å²) in [5.74, 6) is -1.33. The molecule has 2 aromatic carbocycles. The fourth-order valence-electron chi connectivity index (χ4n) is 4.29. The van der Waals surface area contributed by atoms with Gasteiger partial charge < -0.3 is 19.7 Å². The monoisotopic (exact) mass is 560 g/mol. The molecule has 1 aliphatic rings. The minimum absolute atomic E-state index is 0.115. The third-order valence-corrected chi connectivity index (χ3v) is 7.69. The summed E-state index contributed by atoms with van der Waals surface area (Å²) in [5.41, 5.74) is 0.469. The van der Waals surface area contributed by atoms with Gasteiger partial charge in [-0.3, -0.25) is 14.9 Å². The third-order valence-electron chi connectivity index (χ3n) is 6.11. The molecule has 39 heavy (non-hydrogen) atoms. The van der Waals surface area contributed by atoms with Gasteiger partial charge in [-0.2, -0.15) is 0 Å². The van der Waals surface area contributed by atoms with E-state index < -0.39 is 44.8 Å². The molecule has 12 nitrogen and oxygen atoms in total. The summed E-state index contributed by atoms with van der Waals surface area (Å²) in [7, 11) is -2.11. The van der Waals surface area contributed by atoms with Gasteiger partial charge in [-0.25, -0.2) is 18.2 Å². The number of rotatable bonds is 12. The number of urea groups is 1. The summed E-state index contributed by atoms with van der Waals surface area (Å²) in [6.07, 6.45) is -0.0884. The molecule has 1 N–H and O–H groups in total. The van der Waals surface area contributed by atoms with Gasteiger partial charge in [-0.15, -0.1) is 0 Å². The number of methoxy groups -OCH3 is 1. The Morgan fingerprint density at radius 1 is 1.21 bits per heavy atom. The quantitative estimate of drug-likeness (QED) is 0.177. The van der Waals surface area contributed by atoms with E-state index >= 15 is 0 Å². The summed E-state index contributed by atoms with van der Waals surface area (Å²) in [5, 5.41) is 14.3. The van der Waals surface area contributed by atoms with Crippen LogP contribution >= 0.6 is 0 Å². The lowest BCUT2D eigenvalue weighted by molar-refractivity contribution is -0.385. The molecule has 1 aliphatic heterocycles. The number of non-ortho nitro benzene ring substituents is 1. The second-order valence-corrected chi connectivity index (χ2v) is 11.3. The van der Waals surface area contributed by atoms with Crippen LogP contribution in [0.25, 0.3) is 0 Å². The molecular formula is C26H32N4O8S. The molecule has 0 aromatic heterocycles. The number of amides is 2. The van der Waals surface area contributed by atoms with Crippen LogP contribution in [0.5, 0.6) is 5.75 Å². The molecule has 0 saturated heterocycles. The van der Waals surface area contributed by atoms with Crippen molar-refractivity contribution in [1.82, 2.24) is 10.2 Å². The molecule has 2 aromatic rings. The summed E-state index contributed by atoms with van der Waals surface area (Å²) in [6.45, 7) is 5.31. The maximum absolute atomic E-state index is 13.1. The van der Waals surface area contributed by atoms with Crippen molar-refractivity contribution in [1.29, 1.82) is 0 Å². The van der Waals surface area contributed by atoms with Crippen molar-refractivity contribution >= 4 is 33.2 Å². The van der Waals surface area contributed by atoms with Crippen molar-refractivity contribution in [2.45, 2.75) is 44.2 Å². The molecule has 0 saturated carbocycles. The highest BCUT2D eigenvalue weighted by molar-refractivity contribution is 7.91. The molecule has 13 heteroatoms. The number of hydrogen-bond acceptors (Lipinski definition) is 9. The van der Waals surface area contributed by atoms with Crippen LogP contribution in [0.15, 0.2) is 58.4 Å². The molecule has 2 atom stereocenters. The molecule has 0 fully saturated rings. The number of carbonyl (C=O) groups excluding carboxylic acids is 2. The summed E-state index contributed by atoms with van der Waals surface area (Å²) < 4.78 is 35.7. The van der Waals surface area contributed by atoms with Crippen LogP contribution in [0.3, 0.4) is 0 Å². The largest absolute Gasteiger partial charge is 0.497 e. The Morgan fingerprint density at radius 3 is 2.51 bits per heavy atom. The summed E-state index contributed by atoms with van der Waals surface area (Å²) in [4.78, 5) is 42.5. The topological polar surface area (TPSA) is 158 Å². The number of aliphatic imine (C=N–C) groups is 1. The number of nitrogens with one attached hydrogen (secondary N) is 1. The number of esters is 1. The first-order valence-electron chi connectivity index (χ1n) is 12.3. The van der Waals surface area contributed by atoms with E-state index in [0.29, 0.717) is 17.7 Å². The Morgan fingerprint density at radius 2 is 1.90 bits per heavy atom. The van der Waals surface area contributed by atoms with Gasteiger partial charge in [0.2, 0.25) is 0 Å². The Labute approximate surface area is 227 Å². The molecule has 210 valence electrons. The van der Waals surface area contributed by atoms with Gasteiger partial charge in [-0.1, -0.05) is 12.1 Å². The first-order chi connectivity index (χ1) is 18.4. The molecular weight excluding hydrogens is 528 g/mol. The third kappa shape index (κ3) is 7.39. The fraction of sp³-hybridized carbons (Fsp3) is 0.423. The highest BCUT2D eigenvalue weighted by Gasteiger charge is 2.43. The van der Waals surface area contributed by atoms with Crippen LogP contribution in [0.1, 0.15) is 38.8 Å². The lowest BCUT2D eigenvalue weighted by atomic mass is 9.86. The predicted molar refractivity (Wildman–Crippen MR) is 143 cm³/mol. The van der Waals surface area contributed by atoms with Crippen molar-refractivity contribution < 1.29 is 32.4 Å². The van der Waals surface area contributed by atoms with Gasteiger partial charge in [-0.05, 0) is 63.6 Å². The van der Waals surface area contributed by atoms with Crippen LogP contribution in [-0.4, -0.2) is 68.1 Å². The van der Waals surface area contributed by atoms with Crippen LogP contribution in [-0.2, 0) is 19.4 Å². The maximum atomic E-state index is 13.1. The number of nitro groups is 1. The average molecular weight is 561 g/mol. The summed E-state index contributed by atoms with van der Waals surface area (Å²) >= 11 is 0. The average Bonchev–Trinajstić information content (AvgIpc) is 2.88. The fourth-order valence-corrected chi connectivity index (χ4v) is 5.42. The van der Waals surface area contributed by atoms with Crippen molar-refractivity contribution in [3.63, 3.8) is 0 Å². The lowest BCUT2D eigenvalue weighted by Crippen LogP contribution is -2.48. The van der Waals surface area contributed by atoms with Gasteiger partial charge in [0.05, 0.1) is 29.1 Å². The Bertz CT molecular complexity index is 1340. The molecule has 1 heterocycles. The summed E-state index contributed by atoms with van der Waals surface area (Å²) in [6, 6.07) is 10.3. The Hall–Kier alpha value is -3.84. The number of benzene rings is 2. The van der Waals surface area contributed by atoms with E-state index in [0.717, 1.165) is 0 Å². The van der Waals surface area contributed by atoms with E-state index in [-0.39, 0.29) is 35.3 Å². The van der Waals surface area contributed by atoms with Crippen LogP contribution in [0, 0.1) is 16.0 Å². The van der Waals surface area contributed by atoms with Crippen molar-refractivity contribution in [3.05, 3.63) is 64.2 Å². The van der Waals surface area contributed by atoms with E-state index in [4.69, 9.17) is 9.47 Å².